The number of benzene rings is 1. The number of hydrogen-bond donors (Lipinski definition) is 1. The summed E-state index contributed by atoms with van der Waals surface area (Å²) in [6.45, 7) is 3.58. The minimum atomic E-state index is -0.323. The predicted octanol–water partition coefficient (Wildman–Crippen LogP) is 2.34. The number of fused-ring (bicyclic) bond motifs is 1. The Morgan fingerprint density at radius 3 is 3.06 bits per heavy atom. The van der Waals surface area contributed by atoms with Gasteiger partial charge < -0.3 is 10.0 Å². The Bertz CT molecular complexity index is 416. The van der Waals surface area contributed by atoms with Crippen molar-refractivity contribution in [2.75, 3.05) is 18.0 Å². The van der Waals surface area contributed by atoms with Crippen molar-refractivity contribution < 1.29 is 5.11 Å². The lowest BCUT2D eigenvalue weighted by Crippen LogP contribution is -2.24. The highest BCUT2D eigenvalue weighted by Gasteiger charge is 2.19. The average molecular weight is 215 g/mol. The fourth-order valence-corrected chi connectivity index (χ4v) is 2.15. The summed E-state index contributed by atoms with van der Waals surface area (Å²) in [7, 11) is 0. The Balaban J connectivity index is 2.33. The quantitative estimate of drug-likeness (QED) is 0.727. The summed E-state index contributed by atoms with van der Waals surface area (Å²) in [5.74, 6) is 6.02. The Morgan fingerprint density at radius 1 is 1.44 bits per heavy atom. The van der Waals surface area contributed by atoms with Gasteiger partial charge in [-0.25, -0.2) is 0 Å². The smallest absolute Gasteiger partial charge is 0.0810 e. The first-order chi connectivity index (χ1) is 7.83. The molecule has 1 atom stereocenters. The lowest BCUT2D eigenvalue weighted by Gasteiger charge is -2.22. The maximum absolute atomic E-state index is 10.0. The van der Waals surface area contributed by atoms with Crippen molar-refractivity contribution in [1.82, 2.24) is 0 Å². The van der Waals surface area contributed by atoms with E-state index in [4.69, 9.17) is 0 Å². The summed E-state index contributed by atoms with van der Waals surface area (Å²) in [5, 5.41) is 10.0. The highest BCUT2D eigenvalue weighted by molar-refractivity contribution is 5.56. The molecule has 1 aliphatic heterocycles. The van der Waals surface area contributed by atoms with E-state index >= 15 is 0 Å². The molecule has 1 unspecified atom stereocenters. The van der Waals surface area contributed by atoms with Gasteiger partial charge in [-0.1, -0.05) is 24.1 Å². The fourth-order valence-electron chi connectivity index (χ4n) is 2.15. The lowest BCUT2D eigenvalue weighted by atomic mass is 10.0. The van der Waals surface area contributed by atoms with Gasteiger partial charge in [-0.2, -0.15) is 0 Å². The molecule has 0 aliphatic carbocycles. The number of nitrogens with zero attached hydrogens (tertiary/aromatic N) is 1. The van der Waals surface area contributed by atoms with Gasteiger partial charge in [0.25, 0.3) is 0 Å². The molecule has 16 heavy (non-hydrogen) atoms. The molecule has 1 N–H and O–H groups in total. The summed E-state index contributed by atoms with van der Waals surface area (Å²) in [4.78, 5) is 2.25. The SMILES string of the molecule is CC#CCN1CCCC(O)c2ccccc21. The van der Waals surface area contributed by atoms with Gasteiger partial charge in [0, 0.05) is 17.8 Å². The molecule has 0 amide bonds. The second kappa shape index (κ2) is 5.05. The van der Waals surface area contributed by atoms with Crippen LogP contribution in [0.3, 0.4) is 0 Å². The number of rotatable bonds is 1. The molecule has 0 bridgehead atoms. The van der Waals surface area contributed by atoms with Crippen LogP contribution in [0.4, 0.5) is 5.69 Å². The van der Waals surface area contributed by atoms with Gasteiger partial charge in [-0.05, 0) is 25.8 Å². The van der Waals surface area contributed by atoms with E-state index in [2.05, 4.69) is 22.8 Å². The zero-order valence-electron chi connectivity index (χ0n) is 9.61. The summed E-state index contributed by atoms with van der Waals surface area (Å²) in [5.41, 5.74) is 2.17. The summed E-state index contributed by atoms with van der Waals surface area (Å²) < 4.78 is 0. The molecule has 84 valence electrons. The first kappa shape index (κ1) is 11.0. The Morgan fingerprint density at radius 2 is 2.25 bits per heavy atom. The van der Waals surface area contributed by atoms with Crippen LogP contribution in [0.25, 0.3) is 0 Å². The van der Waals surface area contributed by atoms with E-state index in [1.54, 1.807) is 0 Å². The van der Waals surface area contributed by atoms with E-state index < -0.39 is 0 Å². The topological polar surface area (TPSA) is 23.5 Å². The van der Waals surface area contributed by atoms with Crippen LogP contribution in [0.15, 0.2) is 24.3 Å². The molecule has 0 saturated carbocycles. The third-order valence-corrected chi connectivity index (χ3v) is 2.99. The first-order valence-corrected chi connectivity index (χ1v) is 5.74. The van der Waals surface area contributed by atoms with E-state index in [-0.39, 0.29) is 6.10 Å². The molecule has 0 fully saturated rings. The van der Waals surface area contributed by atoms with Gasteiger partial charge in [0.1, 0.15) is 0 Å². The van der Waals surface area contributed by atoms with Crippen molar-refractivity contribution in [2.45, 2.75) is 25.9 Å². The van der Waals surface area contributed by atoms with E-state index in [0.29, 0.717) is 0 Å². The normalized spacial score (nSPS) is 19.4. The molecule has 0 radical (unpaired) electrons. The zero-order valence-corrected chi connectivity index (χ0v) is 9.61. The van der Waals surface area contributed by atoms with Crippen LogP contribution in [-0.4, -0.2) is 18.2 Å². The van der Waals surface area contributed by atoms with Crippen LogP contribution in [0.2, 0.25) is 0 Å². The highest BCUT2D eigenvalue weighted by atomic mass is 16.3. The lowest BCUT2D eigenvalue weighted by molar-refractivity contribution is 0.168. The second-order valence-electron chi connectivity index (χ2n) is 4.07. The second-order valence-corrected chi connectivity index (χ2v) is 4.07. The fraction of sp³-hybridized carbons (Fsp3) is 0.429. The largest absolute Gasteiger partial charge is 0.388 e. The van der Waals surface area contributed by atoms with E-state index in [1.807, 2.05) is 25.1 Å². The third kappa shape index (κ3) is 2.20. The van der Waals surface area contributed by atoms with Gasteiger partial charge in [0.05, 0.1) is 12.6 Å². The molecule has 1 aliphatic rings. The number of anilines is 1. The molecule has 0 spiro atoms. The average Bonchev–Trinajstić information content (AvgIpc) is 2.47. The molecular weight excluding hydrogens is 198 g/mol. The van der Waals surface area contributed by atoms with Gasteiger partial charge in [-0.15, -0.1) is 5.92 Å². The van der Waals surface area contributed by atoms with Crippen LogP contribution in [0, 0.1) is 11.8 Å². The molecule has 1 aromatic carbocycles. The molecule has 2 heteroatoms. The number of aliphatic hydroxyl groups excluding tert-OH is 1. The van der Waals surface area contributed by atoms with E-state index in [0.717, 1.165) is 37.2 Å². The summed E-state index contributed by atoms with van der Waals surface area (Å²) in [6.07, 6.45) is 1.53. The Kier molecular flexibility index (Phi) is 3.48. The van der Waals surface area contributed by atoms with Crippen LogP contribution in [0.1, 0.15) is 31.4 Å². The van der Waals surface area contributed by atoms with Crippen molar-refractivity contribution in [3.05, 3.63) is 29.8 Å². The predicted molar refractivity (Wildman–Crippen MR) is 66.3 cm³/mol. The highest BCUT2D eigenvalue weighted by Crippen LogP contribution is 2.32. The van der Waals surface area contributed by atoms with Gasteiger partial charge in [0.15, 0.2) is 0 Å². The van der Waals surface area contributed by atoms with Gasteiger partial charge in [-0.3, -0.25) is 0 Å². The summed E-state index contributed by atoms with van der Waals surface area (Å²) in [6, 6.07) is 8.08. The van der Waals surface area contributed by atoms with Gasteiger partial charge >= 0.3 is 0 Å². The van der Waals surface area contributed by atoms with Crippen LogP contribution in [0.5, 0.6) is 0 Å². The minimum Gasteiger partial charge on any atom is -0.388 e. The van der Waals surface area contributed by atoms with Crippen molar-refractivity contribution >= 4 is 5.69 Å². The molecule has 0 aromatic heterocycles. The Labute approximate surface area is 96.9 Å². The van der Waals surface area contributed by atoms with E-state index in [9.17, 15) is 5.11 Å². The van der Waals surface area contributed by atoms with Crippen molar-refractivity contribution in [3.63, 3.8) is 0 Å². The third-order valence-electron chi connectivity index (χ3n) is 2.99. The molecule has 1 aromatic rings. The Hall–Kier alpha value is -1.46. The maximum Gasteiger partial charge on any atom is 0.0810 e. The number of aliphatic hydroxyl groups is 1. The van der Waals surface area contributed by atoms with Crippen molar-refractivity contribution in [2.24, 2.45) is 0 Å². The maximum atomic E-state index is 10.0. The minimum absolute atomic E-state index is 0.323. The van der Waals surface area contributed by atoms with Crippen molar-refractivity contribution in [1.29, 1.82) is 0 Å². The van der Waals surface area contributed by atoms with Crippen LogP contribution >= 0.6 is 0 Å². The van der Waals surface area contributed by atoms with Crippen LogP contribution in [-0.2, 0) is 0 Å². The molecule has 0 saturated heterocycles. The molecular formula is C14H17NO. The zero-order chi connectivity index (χ0) is 11.4. The number of para-hydroxylation sites is 1. The molecule has 2 nitrogen and oxygen atoms in total. The van der Waals surface area contributed by atoms with Crippen molar-refractivity contribution in [3.8, 4) is 11.8 Å². The van der Waals surface area contributed by atoms with Gasteiger partial charge in [0.2, 0.25) is 0 Å². The molecule has 2 rings (SSSR count). The standard InChI is InChI=1S/C14H17NO/c1-2-3-10-15-11-6-9-14(16)12-7-4-5-8-13(12)15/h4-5,7-8,14,16H,6,9-11H2,1H3. The van der Waals surface area contributed by atoms with E-state index in [1.165, 1.54) is 0 Å². The monoisotopic (exact) mass is 215 g/mol. The first-order valence-electron chi connectivity index (χ1n) is 5.74. The summed E-state index contributed by atoms with van der Waals surface area (Å²) >= 11 is 0. The van der Waals surface area contributed by atoms with Crippen LogP contribution < -0.4 is 4.90 Å². The number of hydrogen-bond acceptors (Lipinski definition) is 2. The molecule has 1 heterocycles.